The Kier molecular flexibility index (Phi) is 5.14. The van der Waals surface area contributed by atoms with E-state index in [0.29, 0.717) is 19.7 Å². The molecule has 0 spiro atoms. The highest BCUT2D eigenvalue weighted by molar-refractivity contribution is 5.67. The van der Waals surface area contributed by atoms with Crippen LogP contribution in [0.15, 0.2) is 6.20 Å². The molecule has 6 nitrogen and oxygen atoms in total. The Morgan fingerprint density at radius 3 is 3.00 bits per heavy atom. The lowest BCUT2D eigenvalue weighted by Gasteiger charge is -2.32. The highest BCUT2D eigenvalue weighted by Gasteiger charge is 2.23. The van der Waals surface area contributed by atoms with Gasteiger partial charge >= 0.3 is 5.97 Å². The van der Waals surface area contributed by atoms with Crippen LogP contribution in [-0.2, 0) is 16.1 Å². The van der Waals surface area contributed by atoms with Crippen LogP contribution in [0.5, 0.6) is 5.75 Å². The summed E-state index contributed by atoms with van der Waals surface area (Å²) in [5, 5.41) is 8.86. The maximum atomic E-state index is 10.8. The average molecular weight is 294 g/mol. The van der Waals surface area contributed by atoms with Crippen molar-refractivity contribution in [3.63, 3.8) is 0 Å². The minimum Gasteiger partial charge on any atom is -0.496 e. The fourth-order valence-corrected chi connectivity index (χ4v) is 2.68. The molecule has 1 unspecified atom stereocenters. The largest absolute Gasteiger partial charge is 0.496 e. The van der Waals surface area contributed by atoms with Gasteiger partial charge in [0.05, 0.1) is 31.9 Å². The number of aryl methyl sites for hydroxylation is 1. The van der Waals surface area contributed by atoms with Gasteiger partial charge in [0, 0.05) is 37.0 Å². The maximum absolute atomic E-state index is 10.8. The van der Waals surface area contributed by atoms with Crippen molar-refractivity contribution in [3.8, 4) is 5.75 Å². The number of carboxylic acids is 1. The topological polar surface area (TPSA) is 71.9 Å². The molecule has 0 aliphatic carbocycles. The van der Waals surface area contributed by atoms with Gasteiger partial charge in [0.15, 0.2) is 0 Å². The van der Waals surface area contributed by atoms with Crippen LogP contribution in [0.4, 0.5) is 0 Å². The van der Waals surface area contributed by atoms with Gasteiger partial charge in [0.25, 0.3) is 0 Å². The van der Waals surface area contributed by atoms with Crippen LogP contribution >= 0.6 is 0 Å². The number of morpholine rings is 1. The molecule has 1 aliphatic heterocycles. The molecule has 1 aliphatic rings. The molecular formula is C15H22N2O4. The minimum atomic E-state index is -0.826. The van der Waals surface area contributed by atoms with Crippen LogP contribution in [-0.4, -0.2) is 53.9 Å². The predicted octanol–water partition coefficient (Wildman–Crippen LogP) is 1.38. The van der Waals surface area contributed by atoms with E-state index in [1.54, 1.807) is 7.11 Å². The summed E-state index contributed by atoms with van der Waals surface area (Å²) in [5.41, 5.74) is 3.02. The third-order valence-electron chi connectivity index (χ3n) is 3.75. The zero-order chi connectivity index (χ0) is 15.4. The van der Waals surface area contributed by atoms with Crippen molar-refractivity contribution in [2.75, 3.05) is 26.8 Å². The van der Waals surface area contributed by atoms with Crippen molar-refractivity contribution in [2.45, 2.75) is 32.9 Å². The fraction of sp³-hybridized carbons (Fsp3) is 0.600. The fourth-order valence-electron chi connectivity index (χ4n) is 2.68. The molecule has 0 radical (unpaired) electrons. The van der Waals surface area contributed by atoms with E-state index in [-0.39, 0.29) is 12.5 Å². The predicted molar refractivity (Wildman–Crippen MR) is 77.5 cm³/mol. The van der Waals surface area contributed by atoms with E-state index in [2.05, 4.69) is 9.88 Å². The molecule has 0 bridgehead atoms. The second-order valence-corrected chi connectivity index (χ2v) is 5.37. The average Bonchev–Trinajstić information content (AvgIpc) is 2.42. The Labute approximate surface area is 124 Å². The van der Waals surface area contributed by atoms with Crippen molar-refractivity contribution in [1.82, 2.24) is 9.88 Å². The summed E-state index contributed by atoms with van der Waals surface area (Å²) in [4.78, 5) is 17.4. The highest BCUT2D eigenvalue weighted by atomic mass is 16.5. The Morgan fingerprint density at radius 1 is 1.57 bits per heavy atom. The third kappa shape index (κ3) is 3.92. The van der Waals surface area contributed by atoms with Crippen LogP contribution < -0.4 is 4.74 Å². The normalized spacial score (nSPS) is 19.5. The summed E-state index contributed by atoms with van der Waals surface area (Å²) in [6.07, 6.45) is 1.61. The first kappa shape index (κ1) is 15.7. The van der Waals surface area contributed by atoms with Crippen LogP contribution in [0.2, 0.25) is 0 Å². The lowest BCUT2D eigenvalue weighted by molar-refractivity contribution is -0.142. The SMILES string of the molecule is COc1c(C)cnc(CN2CCOC(CC(=O)O)C2)c1C. The van der Waals surface area contributed by atoms with Crippen molar-refractivity contribution in [1.29, 1.82) is 0 Å². The second kappa shape index (κ2) is 6.87. The Hall–Kier alpha value is -1.66. The summed E-state index contributed by atoms with van der Waals surface area (Å²) in [5.74, 6) is 0.0449. The van der Waals surface area contributed by atoms with Crippen LogP contribution in [0, 0.1) is 13.8 Å². The molecule has 1 fully saturated rings. The summed E-state index contributed by atoms with van der Waals surface area (Å²) in [7, 11) is 1.66. The Balaban J connectivity index is 2.06. The molecule has 1 aromatic rings. The molecule has 0 aromatic carbocycles. The number of aliphatic carboxylic acids is 1. The number of aromatic nitrogens is 1. The van der Waals surface area contributed by atoms with Crippen LogP contribution in [0.1, 0.15) is 23.2 Å². The lowest BCUT2D eigenvalue weighted by Crippen LogP contribution is -2.43. The van der Waals surface area contributed by atoms with E-state index >= 15 is 0 Å². The first-order valence-corrected chi connectivity index (χ1v) is 7.06. The van der Waals surface area contributed by atoms with Crippen molar-refractivity contribution >= 4 is 5.97 Å². The number of carboxylic acid groups (broad SMARTS) is 1. The van der Waals surface area contributed by atoms with Crippen molar-refractivity contribution in [2.24, 2.45) is 0 Å². The summed E-state index contributed by atoms with van der Waals surface area (Å²) < 4.78 is 10.9. The van der Waals surface area contributed by atoms with Gasteiger partial charge in [-0.3, -0.25) is 14.7 Å². The molecule has 6 heteroatoms. The molecule has 116 valence electrons. The molecule has 2 heterocycles. The van der Waals surface area contributed by atoms with Gasteiger partial charge in [-0.15, -0.1) is 0 Å². The maximum Gasteiger partial charge on any atom is 0.306 e. The molecule has 1 saturated heterocycles. The summed E-state index contributed by atoms with van der Waals surface area (Å²) in [6, 6.07) is 0. The van der Waals surface area contributed by atoms with Crippen LogP contribution in [0.3, 0.4) is 0 Å². The molecule has 1 atom stereocenters. The van der Waals surface area contributed by atoms with Gasteiger partial charge in [-0.1, -0.05) is 0 Å². The number of ether oxygens (including phenoxy) is 2. The van der Waals surface area contributed by atoms with Crippen molar-refractivity contribution < 1.29 is 19.4 Å². The molecule has 1 N–H and O–H groups in total. The molecule has 1 aromatic heterocycles. The third-order valence-corrected chi connectivity index (χ3v) is 3.75. The van der Waals surface area contributed by atoms with Crippen molar-refractivity contribution in [3.05, 3.63) is 23.0 Å². The molecular weight excluding hydrogens is 272 g/mol. The highest BCUT2D eigenvalue weighted by Crippen LogP contribution is 2.25. The van der Waals surface area contributed by atoms with Gasteiger partial charge in [-0.2, -0.15) is 0 Å². The number of nitrogens with zero attached hydrogens (tertiary/aromatic N) is 2. The monoisotopic (exact) mass is 294 g/mol. The number of hydrogen-bond acceptors (Lipinski definition) is 5. The zero-order valence-corrected chi connectivity index (χ0v) is 12.8. The van der Waals surface area contributed by atoms with Crippen LogP contribution in [0.25, 0.3) is 0 Å². The Bertz CT molecular complexity index is 519. The quantitative estimate of drug-likeness (QED) is 0.884. The van der Waals surface area contributed by atoms with Gasteiger partial charge < -0.3 is 14.6 Å². The Morgan fingerprint density at radius 2 is 2.33 bits per heavy atom. The smallest absolute Gasteiger partial charge is 0.306 e. The van der Waals surface area contributed by atoms with Gasteiger partial charge in [-0.05, 0) is 13.8 Å². The zero-order valence-electron chi connectivity index (χ0n) is 12.8. The molecule has 0 saturated carbocycles. The minimum absolute atomic E-state index is 0.0418. The molecule has 0 amide bonds. The molecule has 21 heavy (non-hydrogen) atoms. The first-order valence-electron chi connectivity index (χ1n) is 7.06. The number of rotatable bonds is 5. The standard InChI is InChI=1S/C15H22N2O4/c1-10-7-16-13(11(2)15(10)20-3)9-17-4-5-21-12(8-17)6-14(18)19/h7,12H,4-6,8-9H2,1-3H3,(H,18,19). The van der Waals surface area contributed by atoms with Gasteiger partial charge in [0.1, 0.15) is 5.75 Å². The lowest BCUT2D eigenvalue weighted by atomic mass is 10.1. The number of methoxy groups -OCH3 is 1. The van der Waals surface area contributed by atoms with E-state index in [4.69, 9.17) is 14.6 Å². The van der Waals surface area contributed by atoms with Gasteiger partial charge in [0.2, 0.25) is 0 Å². The molecule has 2 rings (SSSR count). The number of pyridine rings is 1. The van der Waals surface area contributed by atoms with E-state index in [1.165, 1.54) is 0 Å². The second-order valence-electron chi connectivity index (χ2n) is 5.37. The summed E-state index contributed by atoms with van der Waals surface area (Å²) in [6.45, 7) is 6.61. The van der Waals surface area contributed by atoms with E-state index in [1.807, 2.05) is 20.0 Å². The summed E-state index contributed by atoms with van der Waals surface area (Å²) >= 11 is 0. The van der Waals surface area contributed by atoms with E-state index in [0.717, 1.165) is 29.1 Å². The van der Waals surface area contributed by atoms with Gasteiger partial charge in [-0.25, -0.2) is 0 Å². The number of carbonyl (C=O) groups is 1. The number of hydrogen-bond donors (Lipinski definition) is 1. The van der Waals surface area contributed by atoms with E-state index < -0.39 is 5.97 Å². The van der Waals surface area contributed by atoms with E-state index in [9.17, 15) is 4.79 Å². The first-order chi connectivity index (χ1) is 10.0.